The lowest BCUT2D eigenvalue weighted by Crippen LogP contribution is -2.16. The first-order valence-corrected chi connectivity index (χ1v) is 20.4. The third-order valence-corrected chi connectivity index (χ3v) is 12.3. The van der Waals surface area contributed by atoms with Crippen LogP contribution in [0, 0.1) is 0 Å². The van der Waals surface area contributed by atoms with Gasteiger partial charge >= 0.3 is 0 Å². The maximum atomic E-state index is 5.22. The lowest BCUT2D eigenvalue weighted by molar-refractivity contribution is 0.662. The van der Waals surface area contributed by atoms with Gasteiger partial charge in [-0.2, -0.15) is 0 Å². The fourth-order valence-corrected chi connectivity index (χ4v) is 9.41. The van der Waals surface area contributed by atoms with Gasteiger partial charge in [-0.05, 0) is 83.2 Å². The van der Waals surface area contributed by atoms with Crippen molar-refractivity contribution in [3.63, 3.8) is 0 Å². The molecular weight excluding hydrogens is 713 g/mol. The normalized spacial score (nSPS) is 12.7. The van der Waals surface area contributed by atoms with E-state index in [9.17, 15) is 0 Å². The molecule has 10 aromatic rings. The number of hydrogen-bond acceptors (Lipinski definition) is 2. The quantitative estimate of drug-likeness (QED) is 0.169. The summed E-state index contributed by atoms with van der Waals surface area (Å²) >= 11 is 0. The van der Waals surface area contributed by atoms with E-state index in [-0.39, 0.29) is 5.41 Å². The molecular formula is C57H40N2. The van der Waals surface area contributed by atoms with Crippen molar-refractivity contribution in [1.82, 2.24) is 9.97 Å². The molecule has 2 nitrogen and oxygen atoms in total. The average molecular weight is 753 g/mol. The van der Waals surface area contributed by atoms with Crippen LogP contribution in [0.4, 0.5) is 0 Å². The molecule has 59 heavy (non-hydrogen) atoms. The SMILES string of the molecule is CC1(C)c2ccc3ccccc3c2-c2cccc(-c3ccc(-c4ccc(-c5cc(-c6ccc(-c7ccccc7)cc6)nc(-c6ccccc6)n5)c5ccccc45)cc3)c21. The number of rotatable bonds is 6. The molecule has 9 aromatic carbocycles. The fraction of sp³-hybridized carbons (Fsp3) is 0.0526. The van der Waals surface area contributed by atoms with Crippen molar-refractivity contribution in [2.45, 2.75) is 19.3 Å². The van der Waals surface area contributed by atoms with Crippen LogP contribution in [-0.2, 0) is 5.41 Å². The van der Waals surface area contributed by atoms with E-state index in [2.05, 4.69) is 202 Å². The first kappa shape index (κ1) is 34.8. The summed E-state index contributed by atoms with van der Waals surface area (Å²) in [6.07, 6.45) is 0. The summed E-state index contributed by atoms with van der Waals surface area (Å²) in [6, 6.07) is 74.2. The lowest BCUT2D eigenvalue weighted by atomic mass is 9.78. The molecule has 0 bridgehead atoms. The standard InChI is InChI=1S/C57H40N2/c1-57(2)51-35-32-39-16-9-10-19-45(39)54(51)50-23-13-22-46(55(50)57)41-28-26-40(27-29-41)44-33-34-49(48-21-12-11-20-47(44)48)53-36-52(58-56(59-53)43-17-7-4-8-18-43)42-30-24-38(25-31-42)37-14-5-3-6-15-37/h3-36H,1-2H3. The molecule has 0 fully saturated rings. The van der Waals surface area contributed by atoms with Gasteiger partial charge in [-0.25, -0.2) is 9.97 Å². The van der Waals surface area contributed by atoms with Gasteiger partial charge in [-0.1, -0.05) is 214 Å². The summed E-state index contributed by atoms with van der Waals surface area (Å²) in [5.41, 5.74) is 17.6. The zero-order valence-corrected chi connectivity index (χ0v) is 33.0. The molecule has 0 spiro atoms. The topological polar surface area (TPSA) is 25.8 Å². The van der Waals surface area contributed by atoms with Gasteiger partial charge in [0.1, 0.15) is 0 Å². The van der Waals surface area contributed by atoms with Gasteiger partial charge in [0.25, 0.3) is 0 Å². The number of hydrogen-bond donors (Lipinski definition) is 0. The summed E-state index contributed by atoms with van der Waals surface area (Å²) in [6.45, 7) is 4.76. The maximum absolute atomic E-state index is 5.22. The molecule has 2 heteroatoms. The van der Waals surface area contributed by atoms with Crippen molar-refractivity contribution in [3.8, 4) is 78.4 Å². The fourth-order valence-electron chi connectivity index (χ4n) is 9.41. The van der Waals surface area contributed by atoms with Gasteiger partial charge in [-0.3, -0.25) is 0 Å². The predicted molar refractivity (Wildman–Crippen MR) is 247 cm³/mol. The highest BCUT2D eigenvalue weighted by Gasteiger charge is 2.38. The Labute approximate surface area is 345 Å². The largest absolute Gasteiger partial charge is 0.228 e. The molecule has 278 valence electrons. The average Bonchev–Trinajstić information content (AvgIpc) is 3.55. The molecule has 0 saturated carbocycles. The molecule has 0 amide bonds. The summed E-state index contributed by atoms with van der Waals surface area (Å²) in [5.74, 6) is 0.709. The number of benzene rings is 9. The Morgan fingerprint density at radius 2 is 0.864 bits per heavy atom. The molecule has 0 unspecified atom stereocenters. The number of aromatic nitrogens is 2. The van der Waals surface area contributed by atoms with Crippen molar-refractivity contribution in [2.24, 2.45) is 0 Å². The van der Waals surface area contributed by atoms with E-state index < -0.39 is 0 Å². The van der Waals surface area contributed by atoms with Gasteiger partial charge in [0.05, 0.1) is 11.4 Å². The van der Waals surface area contributed by atoms with E-state index in [1.807, 2.05) is 18.2 Å². The summed E-state index contributed by atoms with van der Waals surface area (Å²) in [4.78, 5) is 10.3. The highest BCUT2D eigenvalue weighted by molar-refractivity contribution is 6.06. The highest BCUT2D eigenvalue weighted by Crippen LogP contribution is 2.54. The van der Waals surface area contributed by atoms with Gasteiger partial charge in [0, 0.05) is 22.1 Å². The van der Waals surface area contributed by atoms with E-state index in [0.29, 0.717) is 5.82 Å². The van der Waals surface area contributed by atoms with Gasteiger partial charge in [0.2, 0.25) is 0 Å². The molecule has 1 aliphatic carbocycles. The van der Waals surface area contributed by atoms with E-state index in [1.54, 1.807) is 0 Å². The van der Waals surface area contributed by atoms with Gasteiger partial charge < -0.3 is 0 Å². The zero-order valence-electron chi connectivity index (χ0n) is 33.0. The second-order valence-electron chi connectivity index (χ2n) is 16.1. The minimum absolute atomic E-state index is 0.122. The molecule has 0 aliphatic heterocycles. The maximum Gasteiger partial charge on any atom is 0.160 e. The number of nitrogens with zero attached hydrogens (tertiary/aromatic N) is 2. The van der Waals surface area contributed by atoms with E-state index in [4.69, 9.17) is 9.97 Å². The summed E-state index contributed by atoms with van der Waals surface area (Å²) in [5, 5.41) is 4.96. The van der Waals surface area contributed by atoms with Crippen molar-refractivity contribution in [2.75, 3.05) is 0 Å². The lowest BCUT2D eigenvalue weighted by Gasteiger charge is -2.24. The summed E-state index contributed by atoms with van der Waals surface area (Å²) < 4.78 is 0. The van der Waals surface area contributed by atoms with E-state index >= 15 is 0 Å². The van der Waals surface area contributed by atoms with Crippen LogP contribution in [0.25, 0.3) is 100.0 Å². The van der Waals surface area contributed by atoms with Crippen molar-refractivity contribution >= 4 is 21.5 Å². The monoisotopic (exact) mass is 752 g/mol. The second-order valence-corrected chi connectivity index (χ2v) is 16.1. The first-order valence-electron chi connectivity index (χ1n) is 20.4. The molecule has 0 saturated heterocycles. The zero-order chi connectivity index (χ0) is 39.5. The van der Waals surface area contributed by atoms with Crippen LogP contribution in [0.1, 0.15) is 25.0 Å². The number of fused-ring (bicyclic) bond motifs is 6. The molecule has 1 aliphatic rings. The molecule has 0 radical (unpaired) electrons. The molecule has 11 rings (SSSR count). The van der Waals surface area contributed by atoms with Crippen LogP contribution < -0.4 is 0 Å². The minimum Gasteiger partial charge on any atom is -0.228 e. The Kier molecular flexibility index (Phi) is 8.20. The molecule has 1 heterocycles. The van der Waals surface area contributed by atoms with Gasteiger partial charge in [-0.15, -0.1) is 0 Å². The Balaban J connectivity index is 0.988. The Morgan fingerprint density at radius 3 is 1.59 bits per heavy atom. The van der Waals surface area contributed by atoms with Crippen molar-refractivity contribution < 1.29 is 0 Å². The molecule has 1 aromatic heterocycles. The second kappa shape index (κ2) is 13.9. The Bertz CT molecular complexity index is 3200. The summed E-state index contributed by atoms with van der Waals surface area (Å²) in [7, 11) is 0. The van der Waals surface area contributed by atoms with Gasteiger partial charge in [0.15, 0.2) is 5.82 Å². The van der Waals surface area contributed by atoms with E-state index in [1.165, 1.54) is 71.8 Å². The third kappa shape index (κ3) is 5.87. The third-order valence-electron chi connectivity index (χ3n) is 12.3. The van der Waals surface area contributed by atoms with Crippen molar-refractivity contribution in [3.05, 3.63) is 217 Å². The van der Waals surface area contributed by atoms with E-state index in [0.717, 1.165) is 33.5 Å². The van der Waals surface area contributed by atoms with Crippen LogP contribution in [0.15, 0.2) is 206 Å². The van der Waals surface area contributed by atoms with Crippen LogP contribution in [0.3, 0.4) is 0 Å². The van der Waals surface area contributed by atoms with Crippen LogP contribution in [-0.4, -0.2) is 9.97 Å². The Hall–Kier alpha value is -7.42. The first-order chi connectivity index (χ1) is 29.0. The van der Waals surface area contributed by atoms with Crippen LogP contribution >= 0.6 is 0 Å². The highest BCUT2D eigenvalue weighted by atomic mass is 14.9. The molecule has 0 atom stereocenters. The minimum atomic E-state index is -0.122. The Morgan fingerprint density at radius 1 is 0.339 bits per heavy atom. The van der Waals surface area contributed by atoms with Crippen LogP contribution in [0.5, 0.6) is 0 Å². The predicted octanol–water partition coefficient (Wildman–Crippen LogP) is 15.1. The van der Waals surface area contributed by atoms with Crippen LogP contribution in [0.2, 0.25) is 0 Å². The van der Waals surface area contributed by atoms with Crippen molar-refractivity contribution in [1.29, 1.82) is 0 Å². The smallest absolute Gasteiger partial charge is 0.160 e. The molecule has 0 N–H and O–H groups in total.